The van der Waals surface area contributed by atoms with Crippen molar-refractivity contribution in [2.75, 3.05) is 0 Å². The SMILES string of the molecule is C=C(N)Cc1ccccc1.O=C[C@H](Cc1ccccc1)N(Cc1ccccc1)Cc1ccccc1. The molecule has 178 valence electrons. The minimum atomic E-state index is -0.150. The molecule has 0 aromatic heterocycles. The summed E-state index contributed by atoms with van der Waals surface area (Å²) in [5.74, 6) is 0. The summed E-state index contributed by atoms with van der Waals surface area (Å²) < 4.78 is 0. The fourth-order valence-electron chi connectivity index (χ4n) is 3.90. The second kappa shape index (κ2) is 14.3. The average Bonchev–Trinajstić information content (AvgIpc) is 2.89. The fraction of sp³-hybridized carbons (Fsp3) is 0.156. The van der Waals surface area contributed by atoms with E-state index in [2.05, 4.69) is 47.9 Å². The highest BCUT2D eigenvalue weighted by molar-refractivity contribution is 5.58. The Hall–Kier alpha value is -3.95. The van der Waals surface area contributed by atoms with Gasteiger partial charge in [-0.3, -0.25) is 4.90 Å². The van der Waals surface area contributed by atoms with E-state index in [0.717, 1.165) is 32.2 Å². The van der Waals surface area contributed by atoms with Crippen molar-refractivity contribution in [2.45, 2.75) is 32.0 Å². The maximum absolute atomic E-state index is 11.9. The van der Waals surface area contributed by atoms with Gasteiger partial charge < -0.3 is 10.5 Å². The summed E-state index contributed by atoms with van der Waals surface area (Å²) >= 11 is 0. The van der Waals surface area contributed by atoms with Crippen molar-refractivity contribution >= 4 is 6.29 Å². The smallest absolute Gasteiger partial charge is 0.137 e. The van der Waals surface area contributed by atoms with Gasteiger partial charge >= 0.3 is 0 Å². The first-order valence-electron chi connectivity index (χ1n) is 11.9. The molecule has 0 spiro atoms. The second-order valence-electron chi connectivity index (χ2n) is 8.59. The summed E-state index contributed by atoms with van der Waals surface area (Å²) in [6, 6.07) is 40.8. The van der Waals surface area contributed by atoms with Crippen LogP contribution in [0.25, 0.3) is 0 Å². The Morgan fingerprint density at radius 1 is 0.657 bits per heavy atom. The van der Waals surface area contributed by atoms with Gasteiger partial charge in [0.15, 0.2) is 0 Å². The Balaban J connectivity index is 0.000000287. The second-order valence-corrected chi connectivity index (χ2v) is 8.59. The molecule has 0 aliphatic heterocycles. The number of nitrogens with zero attached hydrogens (tertiary/aromatic N) is 1. The summed E-state index contributed by atoms with van der Waals surface area (Å²) in [5.41, 5.74) is 11.0. The zero-order chi connectivity index (χ0) is 24.7. The van der Waals surface area contributed by atoms with Crippen LogP contribution in [0.3, 0.4) is 0 Å². The highest BCUT2D eigenvalue weighted by atomic mass is 16.1. The number of aldehydes is 1. The number of allylic oxidation sites excluding steroid dienone is 1. The van der Waals surface area contributed by atoms with Crippen LogP contribution in [0.4, 0.5) is 0 Å². The summed E-state index contributed by atoms with van der Waals surface area (Å²) in [7, 11) is 0. The lowest BCUT2D eigenvalue weighted by Crippen LogP contribution is -2.37. The highest BCUT2D eigenvalue weighted by Gasteiger charge is 2.19. The minimum absolute atomic E-state index is 0.150. The number of hydrogen-bond donors (Lipinski definition) is 1. The molecule has 4 rings (SSSR count). The van der Waals surface area contributed by atoms with E-state index in [1.807, 2.05) is 84.9 Å². The van der Waals surface area contributed by atoms with Crippen molar-refractivity contribution in [1.29, 1.82) is 0 Å². The van der Waals surface area contributed by atoms with E-state index in [9.17, 15) is 4.79 Å². The van der Waals surface area contributed by atoms with Crippen molar-refractivity contribution < 1.29 is 4.79 Å². The molecule has 0 unspecified atom stereocenters. The molecule has 0 saturated heterocycles. The first kappa shape index (κ1) is 25.7. The lowest BCUT2D eigenvalue weighted by molar-refractivity contribution is -0.112. The third-order valence-corrected chi connectivity index (χ3v) is 5.64. The largest absolute Gasteiger partial charge is 0.402 e. The number of hydrogen-bond acceptors (Lipinski definition) is 3. The number of nitrogens with two attached hydrogens (primary N) is 1. The van der Waals surface area contributed by atoms with Crippen LogP contribution >= 0.6 is 0 Å². The van der Waals surface area contributed by atoms with Gasteiger partial charge in [0.2, 0.25) is 0 Å². The molecular weight excluding hydrogens is 428 g/mol. The van der Waals surface area contributed by atoms with Gasteiger partial charge in [0.1, 0.15) is 6.29 Å². The predicted octanol–water partition coefficient (Wildman–Crippen LogP) is 6.20. The van der Waals surface area contributed by atoms with E-state index in [1.165, 1.54) is 22.3 Å². The molecule has 0 fully saturated rings. The monoisotopic (exact) mass is 462 g/mol. The molecule has 4 aromatic carbocycles. The Bertz CT molecular complexity index is 1090. The zero-order valence-electron chi connectivity index (χ0n) is 20.2. The predicted molar refractivity (Wildman–Crippen MR) is 146 cm³/mol. The van der Waals surface area contributed by atoms with Crippen molar-refractivity contribution in [3.63, 3.8) is 0 Å². The Kier molecular flexibility index (Phi) is 10.5. The van der Waals surface area contributed by atoms with Gasteiger partial charge in [-0.15, -0.1) is 0 Å². The summed E-state index contributed by atoms with van der Waals surface area (Å²) in [6.45, 7) is 5.14. The molecule has 4 aromatic rings. The quantitative estimate of drug-likeness (QED) is 0.285. The molecule has 0 aliphatic rings. The lowest BCUT2D eigenvalue weighted by Gasteiger charge is -2.28. The van der Waals surface area contributed by atoms with E-state index in [-0.39, 0.29) is 6.04 Å². The van der Waals surface area contributed by atoms with E-state index in [4.69, 9.17) is 5.73 Å². The van der Waals surface area contributed by atoms with Crippen LogP contribution in [-0.4, -0.2) is 17.2 Å². The first-order chi connectivity index (χ1) is 17.1. The van der Waals surface area contributed by atoms with Crippen LogP contribution in [0.15, 0.2) is 134 Å². The summed E-state index contributed by atoms with van der Waals surface area (Å²) in [6.07, 6.45) is 2.59. The minimum Gasteiger partial charge on any atom is -0.402 e. The third-order valence-electron chi connectivity index (χ3n) is 5.64. The van der Waals surface area contributed by atoms with Crippen LogP contribution in [0.5, 0.6) is 0 Å². The molecule has 0 aliphatic carbocycles. The lowest BCUT2D eigenvalue weighted by atomic mass is 10.0. The van der Waals surface area contributed by atoms with Gasteiger partial charge in [-0.25, -0.2) is 0 Å². The molecule has 2 N–H and O–H groups in total. The molecule has 3 heteroatoms. The van der Waals surface area contributed by atoms with Crippen molar-refractivity contribution in [3.05, 3.63) is 156 Å². The number of carbonyl (C=O) groups is 1. The van der Waals surface area contributed by atoms with Gasteiger partial charge in [0.25, 0.3) is 0 Å². The van der Waals surface area contributed by atoms with Crippen LogP contribution in [-0.2, 0) is 30.7 Å². The fourth-order valence-corrected chi connectivity index (χ4v) is 3.90. The third kappa shape index (κ3) is 9.44. The normalized spacial score (nSPS) is 11.2. The maximum atomic E-state index is 11.9. The van der Waals surface area contributed by atoms with Gasteiger partial charge in [-0.2, -0.15) is 0 Å². The van der Waals surface area contributed by atoms with E-state index in [0.29, 0.717) is 5.70 Å². The van der Waals surface area contributed by atoms with Gasteiger partial charge in [-0.05, 0) is 28.7 Å². The molecule has 3 nitrogen and oxygen atoms in total. The van der Waals surface area contributed by atoms with E-state index >= 15 is 0 Å². The molecule has 0 heterocycles. The molecule has 0 bridgehead atoms. The van der Waals surface area contributed by atoms with Crippen LogP contribution in [0.2, 0.25) is 0 Å². The molecule has 35 heavy (non-hydrogen) atoms. The van der Waals surface area contributed by atoms with Crippen molar-refractivity contribution in [1.82, 2.24) is 4.90 Å². The Labute approximate surface area is 209 Å². The van der Waals surface area contributed by atoms with Gasteiger partial charge in [0.05, 0.1) is 6.04 Å². The first-order valence-corrected chi connectivity index (χ1v) is 11.9. The topological polar surface area (TPSA) is 46.3 Å². The van der Waals surface area contributed by atoms with Crippen LogP contribution < -0.4 is 5.73 Å². The molecular formula is C32H34N2O. The summed E-state index contributed by atoms with van der Waals surface area (Å²) in [5, 5.41) is 0. The van der Waals surface area contributed by atoms with Crippen molar-refractivity contribution in [2.24, 2.45) is 5.73 Å². The standard InChI is InChI=1S/C23H23NO.C9H11N/c25-19-23(16-20-10-4-1-5-11-20)24(17-21-12-6-2-7-13-21)18-22-14-8-3-9-15-22;1-8(10)7-9-5-3-2-4-6-9/h1-15,19,23H,16-18H2;2-6H,1,7,10H2/t23-;/m0./s1. The highest BCUT2D eigenvalue weighted by Crippen LogP contribution is 2.16. The molecule has 0 saturated carbocycles. The van der Waals surface area contributed by atoms with Crippen LogP contribution in [0, 0.1) is 0 Å². The van der Waals surface area contributed by atoms with E-state index < -0.39 is 0 Å². The Morgan fingerprint density at radius 3 is 1.40 bits per heavy atom. The molecule has 0 radical (unpaired) electrons. The molecule has 1 atom stereocenters. The molecule has 0 amide bonds. The van der Waals surface area contributed by atoms with Gasteiger partial charge in [0, 0.05) is 25.2 Å². The Morgan fingerprint density at radius 2 is 1.03 bits per heavy atom. The maximum Gasteiger partial charge on any atom is 0.137 e. The van der Waals surface area contributed by atoms with Gasteiger partial charge in [-0.1, -0.05) is 128 Å². The average molecular weight is 463 g/mol. The number of benzene rings is 4. The zero-order valence-corrected chi connectivity index (χ0v) is 20.2. The van der Waals surface area contributed by atoms with Crippen LogP contribution in [0.1, 0.15) is 22.3 Å². The van der Waals surface area contributed by atoms with E-state index in [1.54, 1.807) is 0 Å². The number of rotatable bonds is 10. The summed E-state index contributed by atoms with van der Waals surface area (Å²) in [4.78, 5) is 14.1. The number of carbonyl (C=O) groups excluding carboxylic acids is 1. The van der Waals surface area contributed by atoms with Crippen molar-refractivity contribution in [3.8, 4) is 0 Å².